The van der Waals surface area contributed by atoms with E-state index in [0.717, 1.165) is 10.4 Å². The van der Waals surface area contributed by atoms with E-state index in [0.29, 0.717) is 23.5 Å². The van der Waals surface area contributed by atoms with Crippen LogP contribution < -0.4 is 5.32 Å². The molecule has 0 saturated carbocycles. The second kappa shape index (κ2) is 8.06. The Hall–Kier alpha value is -3.45. The van der Waals surface area contributed by atoms with Crippen molar-refractivity contribution in [2.24, 2.45) is 0 Å². The van der Waals surface area contributed by atoms with E-state index in [-0.39, 0.29) is 24.4 Å². The maximum Gasteiger partial charge on any atom is 0.410 e. The predicted octanol–water partition coefficient (Wildman–Crippen LogP) is 3.29. The number of hydrogen-bond donors (Lipinski definition) is 1. The summed E-state index contributed by atoms with van der Waals surface area (Å²) in [6, 6.07) is 7.70. The number of nitrogens with one attached hydrogen (secondary N) is 1. The zero-order valence-corrected chi connectivity index (χ0v) is 15.7. The Morgan fingerprint density at radius 2 is 2.18 bits per heavy atom. The lowest BCUT2D eigenvalue weighted by Crippen LogP contribution is -2.35. The number of nitriles is 1. The number of para-hydroxylation sites is 1. The molecule has 0 atom stereocenters. The Morgan fingerprint density at radius 1 is 1.43 bits per heavy atom. The fraction of sp³-hybridized carbons (Fsp3) is 0.278. The van der Waals surface area contributed by atoms with Crippen LogP contribution in [0.5, 0.6) is 0 Å². The molecule has 1 N–H and O–H groups in total. The Balaban J connectivity index is 1.87. The molecular formula is C18H16N4O5S. The zero-order chi connectivity index (χ0) is 20.3. The highest BCUT2D eigenvalue weighted by Gasteiger charge is 2.29. The minimum atomic E-state index is -0.662. The summed E-state index contributed by atoms with van der Waals surface area (Å²) in [5.41, 5.74) is 0.713. The first-order chi connectivity index (χ1) is 13.5. The van der Waals surface area contributed by atoms with Crippen molar-refractivity contribution in [1.29, 1.82) is 5.26 Å². The molecule has 0 spiro atoms. The fourth-order valence-corrected chi connectivity index (χ4v) is 4.18. The molecule has 144 valence electrons. The molecule has 0 unspecified atom stereocenters. The molecule has 1 aromatic heterocycles. The van der Waals surface area contributed by atoms with Crippen molar-refractivity contribution >= 4 is 34.0 Å². The average molecular weight is 400 g/mol. The van der Waals surface area contributed by atoms with E-state index in [2.05, 4.69) is 11.4 Å². The lowest BCUT2D eigenvalue weighted by atomic mass is 10.0. The van der Waals surface area contributed by atoms with E-state index in [1.54, 1.807) is 6.92 Å². The van der Waals surface area contributed by atoms with E-state index in [1.807, 2.05) is 0 Å². The van der Waals surface area contributed by atoms with Crippen LogP contribution in [-0.2, 0) is 17.7 Å². The predicted molar refractivity (Wildman–Crippen MR) is 101 cm³/mol. The Labute approximate surface area is 164 Å². The maximum atomic E-state index is 12.6. The van der Waals surface area contributed by atoms with Gasteiger partial charge in [0.2, 0.25) is 0 Å². The quantitative estimate of drug-likeness (QED) is 0.620. The highest BCUT2D eigenvalue weighted by Crippen LogP contribution is 2.37. The Morgan fingerprint density at radius 3 is 2.86 bits per heavy atom. The number of benzene rings is 1. The third kappa shape index (κ3) is 3.65. The van der Waals surface area contributed by atoms with E-state index >= 15 is 0 Å². The summed E-state index contributed by atoms with van der Waals surface area (Å²) < 4.78 is 5.01. The SMILES string of the molecule is CCOC(=O)N1CCc2c(sc(NC(=O)c3ccccc3[N+](=O)[O-])c2C#N)C1. The Bertz CT molecular complexity index is 994. The standard InChI is InChI=1S/C18H16N4O5S/c1-2-27-18(24)21-8-7-11-13(9-19)17(28-15(11)10-21)20-16(23)12-5-3-4-6-14(12)22(25)26/h3-6H,2,7-8,10H2,1H3,(H,20,23). The number of carbonyl (C=O) groups is 2. The second-order valence-electron chi connectivity index (χ2n) is 5.92. The summed E-state index contributed by atoms with van der Waals surface area (Å²) in [7, 11) is 0. The molecule has 1 aromatic carbocycles. The molecule has 0 saturated heterocycles. The van der Waals surface area contributed by atoms with Gasteiger partial charge in [-0.3, -0.25) is 14.9 Å². The number of thiophene rings is 1. The summed E-state index contributed by atoms with van der Waals surface area (Å²) in [6.07, 6.45) is 0.0417. The molecule has 28 heavy (non-hydrogen) atoms. The third-order valence-corrected chi connectivity index (χ3v) is 5.40. The van der Waals surface area contributed by atoms with E-state index in [4.69, 9.17) is 4.74 Å². The monoisotopic (exact) mass is 400 g/mol. The van der Waals surface area contributed by atoms with Crippen LogP contribution in [-0.4, -0.2) is 35.0 Å². The fourth-order valence-electron chi connectivity index (χ4n) is 2.98. The molecular weight excluding hydrogens is 384 g/mol. The van der Waals surface area contributed by atoms with Gasteiger partial charge >= 0.3 is 6.09 Å². The molecule has 3 rings (SSSR count). The van der Waals surface area contributed by atoms with Crippen molar-refractivity contribution in [3.05, 3.63) is 55.9 Å². The minimum Gasteiger partial charge on any atom is -0.450 e. The molecule has 1 aliphatic rings. The molecule has 0 aliphatic carbocycles. The van der Waals surface area contributed by atoms with Crippen molar-refractivity contribution < 1.29 is 19.2 Å². The molecule has 0 fully saturated rings. The molecule has 2 heterocycles. The lowest BCUT2D eigenvalue weighted by Gasteiger charge is -2.25. The van der Waals surface area contributed by atoms with E-state index in [1.165, 1.54) is 40.5 Å². The summed E-state index contributed by atoms with van der Waals surface area (Å²) in [5, 5.41) is 23.6. The number of nitro groups is 1. The van der Waals surface area contributed by atoms with Crippen molar-refractivity contribution in [1.82, 2.24) is 4.90 Å². The number of nitrogens with zero attached hydrogens (tertiary/aromatic N) is 3. The molecule has 0 bridgehead atoms. The highest BCUT2D eigenvalue weighted by atomic mass is 32.1. The van der Waals surface area contributed by atoms with Gasteiger partial charge in [-0.25, -0.2) is 4.79 Å². The largest absolute Gasteiger partial charge is 0.450 e. The first-order valence-corrected chi connectivity index (χ1v) is 9.29. The number of anilines is 1. The molecule has 9 nitrogen and oxygen atoms in total. The van der Waals surface area contributed by atoms with Gasteiger partial charge in [-0.1, -0.05) is 12.1 Å². The van der Waals surface area contributed by atoms with Crippen LogP contribution in [0.1, 0.15) is 33.3 Å². The van der Waals surface area contributed by atoms with Crippen LogP contribution in [0.4, 0.5) is 15.5 Å². The number of fused-ring (bicyclic) bond motifs is 1. The number of hydrogen-bond acceptors (Lipinski definition) is 7. The number of ether oxygens (including phenoxy) is 1. The normalized spacial score (nSPS) is 12.6. The summed E-state index contributed by atoms with van der Waals surface area (Å²) in [6.45, 7) is 2.69. The average Bonchev–Trinajstić information content (AvgIpc) is 3.04. The van der Waals surface area contributed by atoms with Gasteiger partial charge in [-0.05, 0) is 25.0 Å². The van der Waals surface area contributed by atoms with Crippen LogP contribution in [0.15, 0.2) is 24.3 Å². The number of amides is 2. The summed E-state index contributed by atoms with van der Waals surface area (Å²) >= 11 is 1.19. The van der Waals surface area contributed by atoms with Crippen LogP contribution in [0.3, 0.4) is 0 Å². The first kappa shape index (κ1) is 19.3. The van der Waals surface area contributed by atoms with Gasteiger partial charge in [0.25, 0.3) is 11.6 Å². The third-order valence-electron chi connectivity index (χ3n) is 4.27. The van der Waals surface area contributed by atoms with Crippen molar-refractivity contribution in [2.75, 3.05) is 18.5 Å². The van der Waals surface area contributed by atoms with Gasteiger partial charge in [-0.15, -0.1) is 11.3 Å². The van der Waals surface area contributed by atoms with E-state index in [9.17, 15) is 25.0 Å². The van der Waals surface area contributed by atoms with Crippen LogP contribution in [0, 0.1) is 21.4 Å². The van der Waals surface area contributed by atoms with Gasteiger partial charge in [-0.2, -0.15) is 5.26 Å². The molecule has 10 heteroatoms. The topological polar surface area (TPSA) is 126 Å². The maximum absolute atomic E-state index is 12.6. The smallest absolute Gasteiger partial charge is 0.410 e. The van der Waals surface area contributed by atoms with E-state index < -0.39 is 16.9 Å². The van der Waals surface area contributed by atoms with Gasteiger partial charge in [0.1, 0.15) is 16.6 Å². The zero-order valence-electron chi connectivity index (χ0n) is 14.9. The van der Waals surface area contributed by atoms with Crippen LogP contribution in [0.25, 0.3) is 0 Å². The first-order valence-electron chi connectivity index (χ1n) is 8.47. The number of nitro benzene ring substituents is 1. The van der Waals surface area contributed by atoms with Crippen molar-refractivity contribution in [2.45, 2.75) is 19.9 Å². The molecule has 1 aliphatic heterocycles. The molecule has 2 amide bonds. The molecule has 0 radical (unpaired) electrons. The highest BCUT2D eigenvalue weighted by molar-refractivity contribution is 7.16. The Kier molecular flexibility index (Phi) is 5.56. The summed E-state index contributed by atoms with van der Waals surface area (Å²) in [4.78, 5) is 37.4. The number of rotatable bonds is 4. The van der Waals surface area contributed by atoms with Crippen LogP contribution >= 0.6 is 11.3 Å². The van der Waals surface area contributed by atoms with Crippen molar-refractivity contribution in [3.63, 3.8) is 0 Å². The van der Waals surface area contributed by atoms with Crippen LogP contribution in [0.2, 0.25) is 0 Å². The van der Waals surface area contributed by atoms with Gasteiger partial charge in [0, 0.05) is 17.5 Å². The lowest BCUT2D eigenvalue weighted by molar-refractivity contribution is -0.385. The minimum absolute atomic E-state index is 0.0871. The molecule has 2 aromatic rings. The van der Waals surface area contributed by atoms with Gasteiger partial charge < -0.3 is 15.0 Å². The number of carbonyl (C=O) groups excluding carboxylic acids is 2. The summed E-state index contributed by atoms with van der Waals surface area (Å²) in [5.74, 6) is -0.662. The second-order valence-corrected chi connectivity index (χ2v) is 7.02. The van der Waals surface area contributed by atoms with Gasteiger partial charge in [0.15, 0.2) is 0 Å². The van der Waals surface area contributed by atoms with Crippen molar-refractivity contribution in [3.8, 4) is 6.07 Å². The van der Waals surface area contributed by atoms with Gasteiger partial charge in [0.05, 0.1) is 23.6 Å².